The van der Waals surface area contributed by atoms with E-state index in [-0.39, 0.29) is 23.2 Å². The number of rotatable bonds is 16. The Hall–Kier alpha value is -1.85. The summed E-state index contributed by atoms with van der Waals surface area (Å²) in [5.74, 6) is -0.541. The van der Waals surface area contributed by atoms with Gasteiger partial charge < -0.3 is 15.6 Å². The van der Waals surface area contributed by atoms with Crippen molar-refractivity contribution in [1.82, 2.24) is 20.6 Å². The van der Waals surface area contributed by atoms with Crippen molar-refractivity contribution < 1.29 is 9.59 Å². The number of aromatic amines is 1. The largest absolute Gasteiger partial charge is 0.351 e. The van der Waals surface area contributed by atoms with Gasteiger partial charge in [-0.2, -0.15) is 0 Å². The van der Waals surface area contributed by atoms with Gasteiger partial charge in [0.25, 0.3) is 11.8 Å². The second-order valence-electron chi connectivity index (χ2n) is 7.17. The average molecular weight is 379 g/mol. The van der Waals surface area contributed by atoms with Crippen LogP contribution in [0.15, 0.2) is 6.33 Å². The molecule has 6 heteroatoms. The molecule has 27 heavy (non-hydrogen) atoms. The first kappa shape index (κ1) is 23.2. The van der Waals surface area contributed by atoms with Crippen LogP contribution >= 0.6 is 0 Å². The normalized spacial score (nSPS) is 10.7. The number of amides is 2. The molecule has 6 nitrogen and oxygen atoms in total. The Morgan fingerprint density at radius 3 is 1.81 bits per heavy atom. The van der Waals surface area contributed by atoms with Crippen molar-refractivity contribution in [2.24, 2.45) is 0 Å². The minimum absolute atomic E-state index is 0.182. The van der Waals surface area contributed by atoms with Gasteiger partial charge >= 0.3 is 0 Å². The highest BCUT2D eigenvalue weighted by atomic mass is 16.2. The highest BCUT2D eigenvalue weighted by Crippen LogP contribution is 2.07. The van der Waals surface area contributed by atoms with Crippen molar-refractivity contribution >= 4 is 11.8 Å². The van der Waals surface area contributed by atoms with Gasteiger partial charge in [0, 0.05) is 13.1 Å². The first-order chi connectivity index (χ1) is 13.2. The van der Waals surface area contributed by atoms with Crippen LogP contribution in [-0.2, 0) is 0 Å². The van der Waals surface area contributed by atoms with Gasteiger partial charge in [-0.25, -0.2) is 4.98 Å². The lowest BCUT2D eigenvalue weighted by Crippen LogP contribution is -2.30. The fourth-order valence-electron chi connectivity index (χ4n) is 3.03. The Balaban J connectivity index is 2.25. The van der Waals surface area contributed by atoms with Gasteiger partial charge in [0.2, 0.25) is 0 Å². The third kappa shape index (κ3) is 10.2. The third-order valence-corrected chi connectivity index (χ3v) is 4.71. The van der Waals surface area contributed by atoms with E-state index < -0.39 is 0 Å². The Morgan fingerprint density at radius 1 is 0.778 bits per heavy atom. The monoisotopic (exact) mass is 378 g/mol. The van der Waals surface area contributed by atoms with Crippen LogP contribution in [0.2, 0.25) is 0 Å². The summed E-state index contributed by atoms with van der Waals surface area (Å²) in [5, 5.41) is 5.74. The first-order valence-electron chi connectivity index (χ1n) is 10.8. The predicted octanol–water partition coefficient (Wildman–Crippen LogP) is 4.59. The molecule has 2 amide bonds. The second-order valence-corrected chi connectivity index (χ2v) is 7.17. The molecule has 0 aliphatic carbocycles. The lowest BCUT2D eigenvalue weighted by Gasteiger charge is -2.07. The van der Waals surface area contributed by atoms with Crippen molar-refractivity contribution in [2.75, 3.05) is 13.1 Å². The standard InChI is InChI=1S/C21H38N4O2/c1-3-5-7-9-11-13-15-22-20(26)18-19(25-17-24-18)21(27)23-16-14-12-10-8-6-4-2/h17H,3-16H2,1-2H3,(H,22,26)(H,23,27)(H,24,25). The molecule has 1 aromatic rings. The number of hydrogen-bond donors (Lipinski definition) is 3. The maximum Gasteiger partial charge on any atom is 0.272 e. The zero-order valence-electron chi connectivity index (χ0n) is 17.2. The highest BCUT2D eigenvalue weighted by Gasteiger charge is 2.19. The van der Waals surface area contributed by atoms with E-state index in [4.69, 9.17) is 0 Å². The number of imidazole rings is 1. The van der Waals surface area contributed by atoms with E-state index in [1.165, 1.54) is 57.7 Å². The molecular weight excluding hydrogens is 340 g/mol. The summed E-state index contributed by atoms with van der Waals surface area (Å²) >= 11 is 0. The quantitative estimate of drug-likeness (QED) is 0.368. The summed E-state index contributed by atoms with van der Waals surface area (Å²) in [5.41, 5.74) is 0.433. The van der Waals surface area contributed by atoms with E-state index in [1.54, 1.807) is 0 Å². The molecule has 0 unspecified atom stereocenters. The zero-order valence-corrected chi connectivity index (χ0v) is 17.2. The smallest absolute Gasteiger partial charge is 0.272 e. The first-order valence-corrected chi connectivity index (χ1v) is 10.8. The van der Waals surface area contributed by atoms with Crippen LogP contribution in [0.1, 0.15) is 112 Å². The zero-order chi connectivity index (χ0) is 19.7. The molecule has 0 atom stereocenters. The lowest BCUT2D eigenvalue weighted by atomic mass is 10.1. The third-order valence-electron chi connectivity index (χ3n) is 4.71. The molecular formula is C21H38N4O2. The molecule has 0 aliphatic rings. The average Bonchev–Trinajstić information content (AvgIpc) is 3.16. The molecule has 1 rings (SSSR count). The van der Waals surface area contributed by atoms with Crippen molar-refractivity contribution in [1.29, 1.82) is 0 Å². The predicted molar refractivity (Wildman–Crippen MR) is 110 cm³/mol. The number of nitrogens with one attached hydrogen (secondary N) is 3. The second kappa shape index (κ2) is 15.2. The number of hydrogen-bond acceptors (Lipinski definition) is 3. The molecule has 1 heterocycles. The molecule has 0 saturated carbocycles. The van der Waals surface area contributed by atoms with Crippen LogP contribution in [0.4, 0.5) is 0 Å². The van der Waals surface area contributed by atoms with Crippen LogP contribution in [0, 0.1) is 0 Å². The fraction of sp³-hybridized carbons (Fsp3) is 0.762. The number of carbonyl (C=O) groups excluding carboxylic acids is 2. The number of unbranched alkanes of at least 4 members (excludes halogenated alkanes) is 10. The van der Waals surface area contributed by atoms with Gasteiger partial charge in [-0.1, -0.05) is 78.1 Å². The van der Waals surface area contributed by atoms with E-state index in [0.717, 1.165) is 25.7 Å². The van der Waals surface area contributed by atoms with Crippen LogP contribution in [0.3, 0.4) is 0 Å². The minimum atomic E-state index is -0.283. The molecule has 0 saturated heterocycles. The van der Waals surface area contributed by atoms with Crippen molar-refractivity contribution in [3.05, 3.63) is 17.7 Å². The lowest BCUT2D eigenvalue weighted by molar-refractivity contribution is 0.0913. The molecule has 0 radical (unpaired) electrons. The van der Waals surface area contributed by atoms with Gasteiger partial charge in [0.15, 0.2) is 5.69 Å². The summed E-state index contributed by atoms with van der Waals surface area (Å²) in [6, 6.07) is 0. The van der Waals surface area contributed by atoms with Crippen molar-refractivity contribution in [3.8, 4) is 0 Å². The number of H-pyrrole nitrogens is 1. The molecule has 0 bridgehead atoms. The minimum Gasteiger partial charge on any atom is -0.351 e. The van der Waals surface area contributed by atoms with Gasteiger partial charge in [-0.15, -0.1) is 0 Å². The van der Waals surface area contributed by atoms with E-state index in [1.807, 2.05) is 0 Å². The van der Waals surface area contributed by atoms with Crippen LogP contribution in [0.25, 0.3) is 0 Å². The van der Waals surface area contributed by atoms with Crippen LogP contribution in [-0.4, -0.2) is 34.9 Å². The van der Waals surface area contributed by atoms with E-state index in [9.17, 15) is 9.59 Å². The van der Waals surface area contributed by atoms with Gasteiger partial charge in [0.1, 0.15) is 5.69 Å². The van der Waals surface area contributed by atoms with Crippen LogP contribution < -0.4 is 10.6 Å². The Morgan fingerprint density at radius 2 is 1.26 bits per heavy atom. The molecule has 0 spiro atoms. The Kier molecular flexibility index (Phi) is 13.1. The van der Waals surface area contributed by atoms with E-state index in [2.05, 4.69) is 34.4 Å². The molecule has 0 aromatic carbocycles. The maximum atomic E-state index is 12.3. The highest BCUT2D eigenvalue weighted by molar-refractivity contribution is 6.04. The van der Waals surface area contributed by atoms with Gasteiger partial charge in [-0.05, 0) is 12.8 Å². The van der Waals surface area contributed by atoms with Crippen molar-refractivity contribution in [2.45, 2.75) is 90.9 Å². The van der Waals surface area contributed by atoms with Crippen LogP contribution in [0.5, 0.6) is 0 Å². The van der Waals surface area contributed by atoms with Gasteiger partial charge in [-0.3, -0.25) is 9.59 Å². The number of carbonyl (C=O) groups is 2. The Labute approximate surface area is 164 Å². The number of aromatic nitrogens is 2. The summed E-state index contributed by atoms with van der Waals surface area (Å²) in [6.07, 6.45) is 15.5. The number of nitrogens with zero attached hydrogens (tertiary/aromatic N) is 1. The molecule has 1 aromatic heterocycles. The summed E-state index contributed by atoms with van der Waals surface area (Å²) in [6.45, 7) is 5.65. The van der Waals surface area contributed by atoms with E-state index in [0.29, 0.717) is 13.1 Å². The van der Waals surface area contributed by atoms with E-state index >= 15 is 0 Å². The maximum absolute atomic E-state index is 12.3. The topological polar surface area (TPSA) is 86.9 Å². The Bertz CT molecular complexity index is 484. The summed E-state index contributed by atoms with van der Waals surface area (Å²) in [7, 11) is 0. The molecule has 154 valence electrons. The summed E-state index contributed by atoms with van der Waals surface area (Å²) in [4.78, 5) is 31.4. The fourth-order valence-corrected chi connectivity index (χ4v) is 3.03. The summed E-state index contributed by atoms with van der Waals surface area (Å²) < 4.78 is 0. The SMILES string of the molecule is CCCCCCCCNC(=O)c1nc[nH]c1C(=O)NCCCCCCCC. The van der Waals surface area contributed by atoms with Gasteiger partial charge in [0.05, 0.1) is 6.33 Å². The molecule has 0 aliphatic heterocycles. The molecule has 3 N–H and O–H groups in total. The van der Waals surface area contributed by atoms with Crippen molar-refractivity contribution in [3.63, 3.8) is 0 Å². The molecule has 0 fully saturated rings.